The van der Waals surface area contributed by atoms with Crippen molar-refractivity contribution in [3.05, 3.63) is 84.9 Å². The fourth-order valence-corrected chi connectivity index (χ4v) is 10.4. The average Bonchev–Trinajstić information content (AvgIpc) is 3.23. The molecule has 2 aliphatic rings. The quantitative estimate of drug-likeness (QED) is 0.107. The van der Waals surface area contributed by atoms with Gasteiger partial charge in [0.2, 0.25) is 26.0 Å². The third kappa shape index (κ3) is 12.3. The van der Waals surface area contributed by atoms with Crippen molar-refractivity contribution in [1.82, 2.24) is 8.61 Å². The number of piperidine rings is 2. The van der Waals surface area contributed by atoms with Crippen LogP contribution in [0.1, 0.15) is 72.1 Å². The number of rotatable bonds is 18. The normalized spacial score (nSPS) is 17.1. The Morgan fingerprint density at radius 3 is 1.52 bits per heavy atom. The Labute approximate surface area is 345 Å². The van der Waals surface area contributed by atoms with Crippen LogP contribution in [0.3, 0.4) is 0 Å². The maximum absolute atomic E-state index is 13.4. The zero-order valence-corrected chi connectivity index (χ0v) is 36.2. The first-order valence-electron chi connectivity index (χ1n) is 20.1. The molecule has 0 radical (unpaired) electrons. The molecule has 3 aromatic carbocycles. The molecular weight excluding hydrogens is 783 g/mol. The van der Waals surface area contributed by atoms with Crippen LogP contribution >= 0.6 is 0 Å². The summed E-state index contributed by atoms with van der Waals surface area (Å²) >= 11 is 0. The summed E-state index contributed by atoms with van der Waals surface area (Å²) in [6.07, 6.45) is 4.72. The molecule has 0 aliphatic carbocycles. The lowest BCUT2D eigenvalue weighted by molar-refractivity contribution is -0.158. The summed E-state index contributed by atoms with van der Waals surface area (Å²) in [7, 11) is -3.82. The topological polar surface area (TPSA) is 158 Å². The highest BCUT2D eigenvalue weighted by atomic mass is 32.2. The average molecular weight is 844 g/mol. The van der Waals surface area contributed by atoms with Gasteiger partial charge in [-0.15, -0.1) is 0 Å². The molecule has 1 amide bonds. The Bertz CT molecular complexity index is 1930. The maximum atomic E-state index is 13.4. The minimum absolute atomic E-state index is 0.0758. The van der Waals surface area contributed by atoms with Gasteiger partial charge in [-0.05, 0) is 121 Å². The van der Waals surface area contributed by atoms with E-state index in [0.717, 1.165) is 18.6 Å². The predicted molar refractivity (Wildman–Crippen MR) is 223 cm³/mol. The van der Waals surface area contributed by atoms with Gasteiger partial charge in [0.25, 0.3) is 0 Å². The minimum atomic E-state index is -3.57. The second kappa shape index (κ2) is 21.9. The predicted octanol–water partition coefficient (Wildman–Crippen LogP) is 6.76. The summed E-state index contributed by atoms with van der Waals surface area (Å²) in [5.74, 6) is 0.452. The summed E-state index contributed by atoms with van der Waals surface area (Å²) in [5.41, 5.74) is -0.562. The van der Waals surface area contributed by atoms with E-state index >= 15 is 0 Å². The first-order chi connectivity index (χ1) is 27.7. The van der Waals surface area contributed by atoms with E-state index in [9.17, 15) is 26.4 Å². The second-order valence-electron chi connectivity index (χ2n) is 15.1. The van der Waals surface area contributed by atoms with Crippen molar-refractivity contribution in [1.29, 1.82) is 0 Å². The number of sulfonamides is 2. The number of ether oxygens (including phenoxy) is 4. The highest BCUT2D eigenvalue weighted by Gasteiger charge is 2.45. The van der Waals surface area contributed by atoms with Crippen molar-refractivity contribution in [3.8, 4) is 5.75 Å². The van der Waals surface area contributed by atoms with Crippen LogP contribution in [-0.2, 0) is 43.8 Å². The summed E-state index contributed by atoms with van der Waals surface area (Å²) < 4.78 is 75.7. The van der Waals surface area contributed by atoms with Gasteiger partial charge in [-0.1, -0.05) is 36.4 Å². The Hall–Kier alpha value is -3.86. The number of anilines is 1. The molecule has 0 unspecified atom stereocenters. The minimum Gasteiger partial charge on any atom is -0.491 e. The van der Waals surface area contributed by atoms with Crippen LogP contribution in [0.25, 0.3) is 0 Å². The Balaban J connectivity index is 0.000000267. The highest BCUT2D eigenvalue weighted by molar-refractivity contribution is 7.89. The van der Waals surface area contributed by atoms with E-state index in [2.05, 4.69) is 5.32 Å². The summed E-state index contributed by atoms with van der Waals surface area (Å²) in [4.78, 5) is 26.5. The highest BCUT2D eigenvalue weighted by Crippen LogP contribution is 2.40. The van der Waals surface area contributed by atoms with Crippen LogP contribution in [0, 0.1) is 10.8 Å². The van der Waals surface area contributed by atoms with Crippen LogP contribution in [0.2, 0.25) is 0 Å². The molecule has 0 saturated carbocycles. The zero-order chi connectivity index (χ0) is 42.2. The molecule has 0 spiro atoms. The molecule has 2 fully saturated rings. The molecule has 0 atom stereocenters. The van der Waals surface area contributed by atoms with Crippen LogP contribution in [0.15, 0.2) is 94.7 Å². The maximum Gasteiger partial charge on any atom is 0.312 e. The number of nitrogens with zero attached hydrogens (tertiary/aromatic N) is 2. The fraction of sp³-hybridized carbons (Fsp3) is 0.535. The van der Waals surface area contributed by atoms with Crippen LogP contribution in [-0.4, -0.2) is 104 Å². The Morgan fingerprint density at radius 2 is 1.10 bits per heavy atom. The molecule has 13 nitrogen and oxygen atoms in total. The molecule has 1 N–H and O–H groups in total. The van der Waals surface area contributed by atoms with Gasteiger partial charge >= 0.3 is 5.97 Å². The largest absolute Gasteiger partial charge is 0.491 e. The Kier molecular flexibility index (Phi) is 17.7. The summed E-state index contributed by atoms with van der Waals surface area (Å²) in [6, 6.07) is 24.2. The lowest BCUT2D eigenvalue weighted by Gasteiger charge is -2.40. The molecule has 15 heteroatoms. The SMILES string of the molecule is CCOC(=O)C1(CCCOC)CCN(S(=O)(=O)c2ccccc2)CC1.COCCCC1(C(=O)Nc2ccc(OC(C)C)cc2)CCN(S(=O)(=O)c2ccccc2)CC1. The van der Waals surface area contributed by atoms with E-state index < -0.39 is 30.9 Å². The molecular formula is C43H61N3O10S2. The summed E-state index contributed by atoms with van der Waals surface area (Å²) in [5, 5.41) is 3.04. The van der Waals surface area contributed by atoms with Gasteiger partial charge < -0.3 is 24.3 Å². The number of methoxy groups -OCH3 is 2. The lowest BCUT2D eigenvalue weighted by Crippen LogP contribution is -2.48. The van der Waals surface area contributed by atoms with Gasteiger partial charge in [0, 0.05) is 59.3 Å². The van der Waals surface area contributed by atoms with Crippen molar-refractivity contribution in [2.24, 2.45) is 10.8 Å². The van der Waals surface area contributed by atoms with E-state index in [1.165, 1.54) is 8.61 Å². The van der Waals surface area contributed by atoms with Crippen LogP contribution in [0.4, 0.5) is 5.69 Å². The van der Waals surface area contributed by atoms with Crippen LogP contribution < -0.4 is 10.1 Å². The monoisotopic (exact) mass is 843 g/mol. The number of esters is 1. The molecule has 2 saturated heterocycles. The van der Waals surface area contributed by atoms with Gasteiger partial charge in [0.15, 0.2) is 0 Å². The van der Waals surface area contributed by atoms with Crippen molar-refractivity contribution in [3.63, 3.8) is 0 Å². The van der Waals surface area contributed by atoms with E-state index in [0.29, 0.717) is 90.2 Å². The van der Waals surface area contributed by atoms with Gasteiger partial charge in [-0.3, -0.25) is 9.59 Å². The van der Waals surface area contributed by atoms with Crippen molar-refractivity contribution >= 4 is 37.6 Å². The molecule has 0 aromatic heterocycles. The van der Waals surface area contributed by atoms with Crippen molar-refractivity contribution in [2.45, 2.75) is 88.0 Å². The van der Waals surface area contributed by atoms with E-state index in [4.69, 9.17) is 18.9 Å². The number of nitrogens with one attached hydrogen (secondary N) is 1. The number of carbonyl (C=O) groups is 2. The van der Waals surface area contributed by atoms with Crippen LogP contribution in [0.5, 0.6) is 5.75 Å². The van der Waals surface area contributed by atoms with E-state index in [1.807, 2.05) is 38.1 Å². The van der Waals surface area contributed by atoms with Gasteiger partial charge in [-0.25, -0.2) is 16.8 Å². The third-order valence-corrected chi connectivity index (χ3v) is 14.6. The standard InChI is InChI=1S/C25H34N2O5S.C18H27NO5S/c1-20(2)32-22-12-10-21(11-13-22)26-24(28)25(14-7-19-31-3)15-17-27(18-16-25)33(29,30)23-8-5-4-6-9-23;1-3-24-17(20)18(10-7-15-23-2)11-13-19(14-12-18)25(21,22)16-8-5-4-6-9-16/h4-6,8-13,20H,7,14-19H2,1-3H3,(H,26,28);4-6,8-9H,3,7,10-15H2,1-2H3. The molecule has 0 bridgehead atoms. The second-order valence-corrected chi connectivity index (χ2v) is 18.9. The van der Waals surface area contributed by atoms with Crippen molar-refractivity contribution in [2.75, 3.05) is 65.5 Å². The lowest BCUT2D eigenvalue weighted by atomic mass is 9.74. The van der Waals surface area contributed by atoms with E-state index in [1.54, 1.807) is 81.8 Å². The molecule has 5 rings (SSSR count). The fourth-order valence-electron chi connectivity index (χ4n) is 7.49. The molecule has 2 heterocycles. The first kappa shape index (κ1) is 46.8. The Morgan fingerprint density at radius 1 is 0.672 bits per heavy atom. The number of carbonyl (C=O) groups excluding carboxylic acids is 2. The number of hydrogen-bond donors (Lipinski definition) is 1. The van der Waals surface area contributed by atoms with Crippen molar-refractivity contribution < 1.29 is 45.4 Å². The molecule has 58 heavy (non-hydrogen) atoms. The molecule has 320 valence electrons. The van der Waals surface area contributed by atoms with E-state index in [-0.39, 0.29) is 27.8 Å². The zero-order valence-electron chi connectivity index (χ0n) is 34.6. The third-order valence-electron chi connectivity index (χ3n) is 10.8. The molecule has 2 aliphatic heterocycles. The molecule has 3 aromatic rings. The number of hydrogen-bond acceptors (Lipinski definition) is 10. The first-order valence-corrected chi connectivity index (χ1v) is 22.9. The smallest absolute Gasteiger partial charge is 0.312 e. The van der Waals surface area contributed by atoms with Gasteiger partial charge in [0.1, 0.15) is 5.75 Å². The summed E-state index contributed by atoms with van der Waals surface area (Å²) in [6.45, 7) is 8.43. The van der Waals surface area contributed by atoms with Gasteiger partial charge in [0.05, 0.1) is 33.3 Å². The van der Waals surface area contributed by atoms with Gasteiger partial charge in [-0.2, -0.15) is 8.61 Å². The number of amides is 1. The number of benzene rings is 3.